The van der Waals surface area contributed by atoms with Gasteiger partial charge in [-0.1, -0.05) is 51.5 Å². The quantitative estimate of drug-likeness (QED) is 0.892. The molecular formula is C16H22N2OS. The summed E-state index contributed by atoms with van der Waals surface area (Å²) < 4.78 is 1.14. The number of unbranched alkanes of at least 4 members (excludes halogenated alkanes) is 1. The molecule has 1 heterocycles. The molecule has 2 rings (SSSR count). The number of aromatic nitrogens is 1. The Hall–Kier alpha value is -1.42. The average Bonchev–Trinajstić information content (AvgIpc) is 2.76. The van der Waals surface area contributed by atoms with Gasteiger partial charge in [0.15, 0.2) is 5.13 Å². The zero-order valence-electron chi connectivity index (χ0n) is 12.6. The number of nitrogens with one attached hydrogen (secondary N) is 1. The third kappa shape index (κ3) is 3.57. The molecule has 0 aliphatic carbocycles. The number of hydrogen-bond acceptors (Lipinski definition) is 3. The van der Waals surface area contributed by atoms with Crippen molar-refractivity contribution in [1.82, 2.24) is 4.98 Å². The molecule has 1 N–H and O–H groups in total. The van der Waals surface area contributed by atoms with Crippen LogP contribution in [0.4, 0.5) is 5.13 Å². The fourth-order valence-corrected chi connectivity index (χ4v) is 2.77. The molecule has 0 radical (unpaired) electrons. The van der Waals surface area contributed by atoms with Gasteiger partial charge < -0.3 is 5.32 Å². The second-order valence-corrected chi connectivity index (χ2v) is 7.16. The Morgan fingerprint density at radius 1 is 1.35 bits per heavy atom. The molecule has 20 heavy (non-hydrogen) atoms. The molecule has 4 heteroatoms. The number of aryl methyl sites for hydroxylation is 1. The van der Waals surface area contributed by atoms with Crippen LogP contribution in [0.2, 0.25) is 0 Å². The first-order chi connectivity index (χ1) is 9.40. The van der Waals surface area contributed by atoms with Crippen LogP contribution in [0.5, 0.6) is 0 Å². The number of carbonyl (C=O) groups is 1. The zero-order valence-corrected chi connectivity index (χ0v) is 13.4. The van der Waals surface area contributed by atoms with Crippen LogP contribution in [-0.4, -0.2) is 10.9 Å². The van der Waals surface area contributed by atoms with Crippen LogP contribution in [0, 0.1) is 5.41 Å². The summed E-state index contributed by atoms with van der Waals surface area (Å²) in [7, 11) is 0. The normalized spacial score (nSPS) is 11.8. The molecule has 108 valence electrons. The Balaban J connectivity index is 2.19. The monoisotopic (exact) mass is 290 g/mol. The van der Waals surface area contributed by atoms with Crippen LogP contribution in [-0.2, 0) is 11.2 Å². The van der Waals surface area contributed by atoms with Crippen LogP contribution in [0.15, 0.2) is 18.2 Å². The standard InChI is InChI=1S/C16H22N2OS/c1-5-6-7-11-8-9-12-13(10-11)20-15(17-12)18-14(19)16(2,3)4/h8-10H,5-7H2,1-4H3,(H,17,18,19). The Labute approximate surface area is 124 Å². The molecule has 0 saturated carbocycles. The molecule has 3 nitrogen and oxygen atoms in total. The summed E-state index contributed by atoms with van der Waals surface area (Å²) >= 11 is 1.55. The van der Waals surface area contributed by atoms with E-state index in [0.29, 0.717) is 5.13 Å². The van der Waals surface area contributed by atoms with E-state index in [4.69, 9.17) is 0 Å². The van der Waals surface area contributed by atoms with Crippen molar-refractivity contribution in [2.75, 3.05) is 5.32 Å². The average molecular weight is 290 g/mol. The van der Waals surface area contributed by atoms with E-state index < -0.39 is 5.41 Å². The van der Waals surface area contributed by atoms with E-state index in [0.717, 1.165) is 16.6 Å². The lowest BCUT2D eigenvalue weighted by Crippen LogP contribution is -2.27. The molecular weight excluding hydrogens is 268 g/mol. The summed E-state index contributed by atoms with van der Waals surface area (Å²) in [5.74, 6) is 0.00256. The lowest BCUT2D eigenvalue weighted by molar-refractivity contribution is -0.123. The lowest BCUT2D eigenvalue weighted by Gasteiger charge is -2.15. The summed E-state index contributed by atoms with van der Waals surface area (Å²) in [6, 6.07) is 6.37. The van der Waals surface area contributed by atoms with Crippen molar-refractivity contribution < 1.29 is 4.79 Å². The Morgan fingerprint density at radius 3 is 2.75 bits per heavy atom. The first-order valence-electron chi connectivity index (χ1n) is 7.11. The van der Waals surface area contributed by atoms with Crippen molar-refractivity contribution in [3.05, 3.63) is 23.8 Å². The van der Waals surface area contributed by atoms with Gasteiger partial charge in [0.05, 0.1) is 10.2 Å². The number of fused-ring (bicyclic) bond motifs is 1. The van der Waals surface area contributed by atoms with Crippen molar-refractivity contribution in [1.29, 1.82) is 0 Å². The van der Waals surface area contributed by atoms with E-state index >= 15 is 0 Å². The highest BCUT2D eigenvalue weighted by Crippen LogP contribution is 2.28. The van der Waals surface area contributed by atoms with Crippen molar-refractivity contribution in [2.45, 2.75) is 47.0 Å². The Kier molecular flexibility index (Phi) is 4.43. The fourth-order valence-electron chi connectivity index (χ4n) is 1.84. The second-order valence-electron chi connectivity index (χ2n) is 6.13. The van der Waals surface area contributed by atoms with Crippen LogP contribution in [0.1, 0.15) is 46.1 Å². The molecule has 2 aromatic rings. The minimum absolute atomic E-state index is 0.00256. The highest BCUT2D eigenvalue weighted by atomic mass is 32.1. The number of nitrogens with zero attached hydrogens (tertiary/aromatic N) is 1. The largest absolute Gasteiger partial charge is 0.301 e. The third-order valence-electron chi connectivity index (χ3n) is 3.17. The number of rotatable bonds is 4. The highest BCUT2D eigenvalue weighted by Gasteiger charge is 2.22. The number of hydrogen-bond donors (Lipinski definition) is 1. The summed E-state index contributed by atoms with van der Waals surface area (Å²) in [6.45, 7) is 7.90. The van der Waals surface area contributed by atoms with Gasteiger partial charge in [-0.2, -0.15) is 0 Å². The maximum absolute atomic E-state index is 12.0. The Morgan fingerprint density at radius 2 is 2.10 bits per heavy atom. The predicted octanol–water partition coefficient (Wildman–Crippen LogP) is 4.62. The van der Waals surface area contributed by atoms with E-state index in [1.54, 1.807) is 11.3 Å². The van der Waals surface area contributed by atoms with Gasteiger partial charge in [-0.15, -0.1) is 0 Å². The first kappa shape index (κ1) is 15.0. The highest BCUT2D eigenvalue weighted by molar-refractivity contribution is 7.22. The number of amides is 1. The third-order valence-corrected chi connectivity index (χ3v) is 4.11. The van der Waals surface area contributed by atoms with Gasteiger partial charge in [0.2, 0.25) is 5.91 Å². The first-order valence-corrected chi connectivity index (χ1v) is 7.92. The Bertz CT molecular complexity index is 610. The van der Waals surface area contributed by atoms with Gasteiger partial charge in [0.1, 0.15) is 0 Å². The van der Waals surface area contributed by atoms with Crippen LogP contribution >= 0.6 is 11.3 Å². The number of benzene rings is 1. The summed E-state index contributed by atoms with van der Waals surface area (Å²) in [5, 5.41) is 3.59. The van der Waals surface area contributed by atoms with Gasteiger partial charge in [-0.3, -0.25) is 4.79 Å². The van der Waals surface area contributed by atoms with E-state index in [1.165, 1.54) is 18.4 Å². The number of thiazole rings is 1. The van der Waals surface area contributed by atoms with Crippen molar-refractivity contribution in [3.63, 3.8) is 0 Å². The van der Waals surface area contributed by atoms with E-state index in [9.17, 15) is 4.79 Å². The zero-order chi connectivity index (χ0) is 14.8. The molecule has 1 amide bonds. The molecule has 0 unspecified atom stereocenters. The summed E-state index contributed by atoms with van der Waals surface area (Å²) in [4.78, 5) is 16.4. The van der Waals surface area contributed by atoms with Crippen LogP contribution < -0.4 is 5.32 Å². The van der Waals surface area contributed by atoms with Crippen molar-refractivity contribution >= 4 is 32.6 Å². The van der Waals surface area contributed by atoms with E-state index in [-0.39, 0.29) is 5.91 Å². The predicted molar refractivity (Wildman–Crippen MR) is 86.3 cm³/mol. The van der Waals surface area contributed by atoms with E-state index in [2.05, 4.69) is 29.4 Å². The summed E-state index contributed by atoms with van der Waals surface area (Å²) in [5.41, 5.74) is 1.90. The van der Waals surface area contributed by atoms with Gasteiger partial charge in [-0.25, -0.2) is 4.98 Å². The van der Waals surface area contributed by atoms with Gasteiger partial charge in [0.25, 0.3) is 0 Å². The fraction of sp³-hybridized carbons (Fsp3) is 0.500. The SMILES string of the molecule is CCCCc1ccc2nc(NC(=O)C(C)(C)C)sc2c1. The van der Waals surface area contributed by atoms with Crippen molar-refractivity contribution in [3.8, 4) is 0 Å². The second kappa shape index (κ2) is 5.92. The summed E-state index contributed by atoms with van der Waals surface area (Å²) in [6.07, 6.45) is 3.51. The van der Waals surface area contributed by atoms with Gasteiger partial charge in [-0.05, 0) is 30.5 Å². The molecule has 0 bridgehead atoms. The maximum atomic E-state index is 12.0. The molecule has 0 atom stereocenters. The smallest absolute Gasteiger partial charge is 0.231 e. The minimum atomic E-state index is -0.399. The van der Waals surface area contributed by atoms with Crippen LogP contribution in [0.25, 0.3) is 10.2 Å². The number of anilines is 1. The van der Waals surface area contributed by atoms with Gasteiger partial charge in [0, 0.05) is 5.41 Å². The van der Waals surface area contributed by atoms with Crippen molar-refractivity contribution in [2.24, 2.45) is 5.41 Å². The molecule has 0 saturated heterocycles. The van der Waals surface area contributed by atoms with Crippen LogP contribution in [0.3, 0.4) is 0 Å². The van der Waals surface area contributed by atoms with E-state index in [1.807, 2.05) is 26.8 Å². The molecule has 1 aromatic carbocycles. The molecule has 0 fully saturated rings. The minimum Gasteiger partial charge on any atom is -0.301 e. The van der Waals surface area contributed by atoms with Gasteiger partial charge >= 0.3 is 0 Å². The number of carbonyl (C=O) groups excluding carboxylic acids is 1. The molecule has 0 spiro atoms. The molecule has 0 aliphatic rings. The molecule has 0 aliphatic heterocycles. The lowest BCUT2D eigenvalue weighted by atomic mass is 9.96. The topological polar surface area (TPSA) is 42.0 Å². The molecule has 1 aromatic heterocycles. The maximum Gasteiger partial charge on any atom is 0.231 e.